The summed E-state index contributed by atoms with van der Waals surface area (Å²) in [7, 11) is 1.99. The molecule has 1 saturated heterocycles. The first-order chi connectivity index (χ1) is 13.8. The minimum absolute atomic E-state index is 0.0619. The lowest BCUT2D eigenvalue weighted by Crippen LogP contribution is -2.44. The third kappa shape index (κ3) is 5.34. The van der Waals surface area contributed by atoms with Crippen LogP contribution in [-0.2, 0) is 12.7 Å². The Bertz CT molecular complexity index is 928. The van der Waals surface area contributed by atoms with E-state index >= 15 is 0 Å². The van der Waals surface area contributed by atoms with Gasteiger partial charge in [0.2, 0.25) is 0 Å². The molecule has 152 valence electrons. The van der Waals surface area contributed by atoms with Gasteiger partial charge in [-0.2, -0.15) is 18.4 Å². The Kier molecular flexibility index (Phi) is 6.20. The molecule has 2 aromatic carbocycles. The molecule has 1 amide bonds. The maximum atomic E-state index is 13.6. The van der Waals surface area contributed by atoms with Gasteiger partial charge in [0.25, 0.3) is 5.91 Å². The summed E-state index contributed by atoms with van der Waals surface area (Å²) < 4.78 is 40.9. The van der Waals surface area contributed by atoms with Crippen LogP contribution < -0.4 is 5.32 Å². The minimum Gasteiger partial charge on any atom is -0.322 e. The predicted octanol–water partition coefficient (Wildman–Crippen LogP) is 3.58. The Morgan fingerprint density at radius 2 is 1.86 bits per heavy atom. The van der Waals surface area contributed by atoms with Crippen LogP contribution in [0.3, 0.4) is 0 Å². The molecule has 0 aromatic heterocycles. The summed E-state index contributed by atoms with van der Waals surface area (Å²) in [4.78, 5) is 16.5. The van der Waals surface area contributed by atoms with E-state index in [1.807, 2.05) is 18.0 Å². The number of hydrogen-bond acceptors (Lipinski definition) is 4. The van der Waals surface area contributed by atoms with Crippen molar-refractivity contribution < 1.29 is 18.0 Å². The van der Waals surface area contributed by atoms with E-state index in [0.29, 0.717) is 18.7 Å². The number of benzene rings is 2. The fourth-order valence-electron chi connectivity index (χ4n) is 3.24. The number of hydrogen-bond donors (Lipinski definition) is 1. The highest BCUT2D eigenvalue weighted by molar-refractivity contribution is 6.04. The van der Waals surface area contributed by atoms with E-state index in [-0.39, 0.29) is 23.4 Å². The van der Waals surface area contributed by atoms with Crippen molar-refractivity contribution in [3.8, 4) is 6.07 Å². The molecule has 0 aliphatic carbocycles. The summed E-state index contributed by atoms with van der Waals surface area (Å²) in [5, 5.41) is 11.4. The van der Waals surface area contributed by atoms with E-state index in [1.54, 1.807) is 12.1 Å². The number of carbonyl (C=O) groups excluding carboxylic acids is 1. The lowest BCUT2D eigenvalue weighted by atomic mass is 10.0. The fourth-order valence-corrected chi connectivity index (χ4v) is 3.24. The normalized spacial score (nSPS) is 15.7. The summed E-state index contributed by atoms with van der Waals surface area (Å²) >= 11 is 0. The van der Waals surface area contributed by atoms with Crippen LogP contribution in [0.1, 0.15) is 27.0 Å². The van der Waals surface area contributed by atoms with Gasteiger partial charge in [0, 0.05) is 44.0 Å². The molecule has 29 heavy (non-hydrogen) atoms. The molecule has 1 fully saturated rings. The second-order valence-electron chi connectivity index (χ2n) is 7.10. The van der Waals surface area contributed by atoms with Gasteiger partial charge < -0.3 is 10.2 Å². The Morgan fingerprint density at radius 1 is 1.14 bits per heavy atom. The lowest BCUT2D eigenvalue weighted by Gasteiger charge is -2.33. The number of nitrogens with one attached hydrogen (secondary N) is 1. The first kappa shape index (κ1) is 20.8. The van der Waals surface area contributed by atoms with Crippen molar-refractivity contribution in [2.75, 3.05) is 38.5 Å². The van der Waals surface area contributed by atoms with Crippen molar-refractivity contribution in [3.05, 3.63) is 64.7 Å². The molecule has 1 N–H and O–H groups in total. The second-order valence-corrected chi connectivity index (χ2v) is 7.10. The van der Waals surface area contributed by atoms with Crippen molar-refractivity contribution in [2.45, 2.75) is 12.7 Å². The molecule has 0 spiro atoms. The number of halogens is 3. The molecule has 0 saturated carbocycles. The third-order valence-corrected chi connectivity index (χ3v) is 4.92. The van der Waals surface area contributed by atoms with Crippen LogP contribution >= 0.6 is 0 Å². The zero-order valence-electron chi connectivity index (χ0n) is 16.0. The summed E-state index contributed by atoms with van der Waals surface area (Å²) in [5.41, 5.74) is 0.00798. The van der Waals surface area contributed by atoms with Crippen molar-refractivity contribution in [1.82, 2.24) is 9.80 Å². The molecule has 0 bridgehead atoms. The maximum Gasteiger partial charge on any atom is 0.416 e. The van der Waals surface area contributed by atoms with Gasteiger partial charge in [-0.15, -0.1) is 0 Å². The molecule has 0 radical (unpaired) electrons. The molecule has 8 heteroatoms. The Morgan fingerprint density at radius 3 is 2.52 bits per heavy atom. The van der Waals surface area contributed by atoms with Gasteiger partial charge in [-0.1, -0.05) is 12.1 Å². The first-order valence-electron chi connectivity index (χ1n) is 9.19. The van der Waals surface area contributed by atoms with Gasteiger partial charge in [0.05, 0.1) is 17.2 Å². The molecule has 3 rings (SSSR count). The Balaban J connectivity index is 1.80. The van der Waals surface area contributed by atoms with Crippen LogP contribution in [0.2, 0.25) is 0 Å². The molecule has 2 aromatic rings. The highest BCUT2D eigenvalue weighted by Gasteiger charge is 2.34. The van der Waals surface area contributed by atoms with Gasteiger partial charge in [-0.25, -0.2) is 0 Å². The minimum atomic E-state index is -4.52. The first-order valence-corrected chi connectivity index (χ1v) is 9.19. The van der Waals surface area contributed by atoms with E-state index < -0.39 is 17.6 Å². The molecule has 1 aliphatic heterocycles. The largest absolute Gasteiger partial charge is 0.416 e. The van der Waals surface area contributed by atoms with Crippen molar-refractivity contribution >= 4 is 11.6 Å². The number of amides is 1. The summed E-state index contributed by atoms with van der Waals surface area (Å²) in [6, 6.07) is 11.8. The van der Waals surface area contributed by atoms with Gasteiger partial charge >= 0.3 is 6.18 Å². The summed E-state index contributed by atoms with van der Waals surface area (Å²) in [6.07, 6.45) is -4.52. The lowest BCUT2D eigenvalue weighted by molar-refractivity contribution is -0.138. The van der Waals surface area contributed by atoms with Gasteiger partial charge in [-0.05, 0) is 42.9 Å². The van der Waals surface area contributed by atoms with Crippen LogP contribution in [0.5, 0.6) is 0 Å². The third-order valence-electron chi connectivity index (χ3n) is 4.92. The van der Waals surface area contributed by atoms with Crippen LogP contribution in [0.25, 0.3) is 0 Å². The quantitative estimate of drug-likeness (QED) is 0.849. The maximum absolute atomic E-state index is 13.6. The topological polar surface area (TPSA) is 59.4 Å². The number of piperazine rings is 1. The van der Waals surface area contributed by atoms with E-state index in [9.17, 15) is 18.0 Å². The average molecular weight is 402 g/mol. The van der Waals surface area contributed by atoms with Crippen LogP contribution in [0.15, 0.2) is 42.5 Å². The molecule has 5 nitrogen and oxygen atoms in total. The smallest absolute Gasteiger partial charge is 0.322 e. The van der Waals surface area contributed by atoms with Crippen LogP contribution in [-0.4, -0.2) is 48.9 Å². The van der Waals surface area contributed by atoms with Gasteiger partial charge in [0.1, 0.15) is 0 Å². The standard InChI is InChI=1S/C21H21F3N4O/c1-27-7-9-28(10-8-27)14-17-5-6-18(12-19(17)21(22,23)24)26-20(29)16-4-2-3-15(11-16)13-25/h2-6,11-12H,7-10,14H2,1H3,(H,26,29). The van der Waals surface area contributed by atoms with E-state index in [1.165, 1.54) is 24.3 Å². The number of anilines is 1. The van der Waals surface area contributed by atoms with E-state index in [0.717, 1.165) is 19.2 Å². The number of rotatable bonds is 4. The second kappa shape index (κ2) is 8.64. The zero-order chi connectivity index (χ0) is 21.0. The van der Waals surface area contributed by atoms with Crippen molar-refractivity contribution in [1.29, 1.82) is 5.26 Å². The zero-order valence-corrected chi connectivity index (χ0v) is 16.0. The predicted molar refractivity (Wildman–Crippen MR) is 103 cm³/mol. The van der Waals surface area contributed by atoms with Crippen molar-refractivity contribution in [3.63, 3.8) is 0 Å². The molecule has 1 aliphatic rings. The van der Waals surface area contributed by atoms with Crippen LogP contribution in [0.4, 0.5) is 18.9 Å². The number of likely N-dealkylation sites (N-methyl/N-ethyl adjacent to an activating group) is 1. The molecular formula is C21H21F3N4O. The van der Waals surface area contributed by atoms with E-state index in [2.05, 4.69) is 10.2 Å². The summed E-state index contributed by atoms with van der Waals surface area (Å²) in [5.74, 6) is -0.568. The number of nitriles is 1. The highest BCUT2D eigenvalue weighted by atomic mass is 19.4. The monoisotopic (exact) mass is 402 g/mol. The van der Waals surface area contributed by atoms with Gasteiger partial charge in [-0.3, -0.25) is 9.69 Å². The fraction of sp³-hybridized carbons (Fsp3) is 0.333. The molecular weight excluding hydrogens is 381 g/mol. The number of alkyl halides is 3. The number of carbonyl (C=O) groups is 1. The molecule has 0 unspecified atom stereocenters. The summed E-state index contributed by atoms with van der Waals surface area (Å²) in [6.45, 7) is 3.26. The van der Waals surface area contributed by atoms with Crippen LogP contribution in [0, 0.1) is 11.3 Å². The number of nitrogens with zero attached hydrogens (tertiary/aromatic N) is 3. The highest BCUT2D eigenvalue weighted by Crippen LogP contribution is 2.34. The van der Waals surface area contributed by atoms with Crippen molar-refractivity contribution in [2.24, 2.45) is 0 Å². The Hall–Kier alpha value is -2.89. The molecule has 1 heterocycles. The van der Waals surface area contributed by atoms with E-state index in [4.69, 9.17) is 5.26 Å². The Labute approximate surface area is 167 Å². The average Bonchev–Trinajstić information content (AvgIpc) is 2.70. The SMILES string of the molecule is CN1CCN(Cc2ccc(NC(=O)c3cccc(C#N)c3)cc2C(F)(F)F)CC1. The molecule has 0 atom stereocenters. The van der Waals surface area contributed by atoms with Gasteiger partial charge in [0.15, 0.2) is 0 Å².